The molecule has 0 saturated heterocycles. The zero-order valence-corrected chi connectivity index (χ0v) is 42.5. The third kappa shape index (κ3) is 8.67. The molecule has 9 rings (SSSR count). The third-order valence-corrected chi connectivity index (χ3v) is 13.4. The average Bonchev–Trinajstić information content (AvgIpc) is 3.81. The van der Waals surface area contributed by atoms with E-state index in [0.29, 0.717) is 0 Å². The fraction of sp³-hybridized carbons (Fsp3) is 0.323. The van der Waals surface area contributed by atoms with Gasteiger partial charge in [0.1, 0.15) is 17.3 Å². The molecule has 6 aromatic carbocycles. The Morgan fingerprint density at radius 1 is 0.463 bits per heavy atom. The van der Waals surface area contributed by atoms with Crippen LogP contribution in [0, 0.1) is 0 Å². The van der Waals surface area contributed by atoms with Crippen molar-refractivity contribution >= 4 is 50.6 Å². The maximum atomic E-state index is 6.96. The molecule has 0 N–H and O–H groups in total. The summed E-state index contributed by atoms with van der Waals surface area (Å²) in [6, 6.07) is 52.8. The van der Waals surface area contributed by atoms with E-state index >= 15 is 0 Å². The molecule has 1 aliphatic heterocycles. The number of rotatable bonds is 6. The van der Waals surface area contributed by atoms with Crippen LogP contribution in [0.2, 0.25) is 0 Å². The van der Waals surface area contributed by atoms with Crippen LogP contribution in [0.5, 0.6) is 11.5 Å². The van der Waals surface area contributed by atoms with Crippen molar-refractivity contribution in [1.29, 1.82) is 0 Å². The summed E-state index contributed by atoms with van der Waals surface area (Å²) in [5.41, 5.74) is 14.8. The van der Waals surface area contributed by atoms with Gasteiger partial charge in [0.15, 0.2) is 0 Å². The van der Waals surface area contributed by atoms with Crippen LogP contribution in [0.1, 0.15) is 132 Å². The van der Waals surface area contributed by atoms with Crippen molar-refractivity contribution in [1.82, 2.24) is 18.7 Å². The van der Waals surface area contributed by atoms with Crippen LogP contribution in [-0.2, 0) is 27.1 Å². The Hall–Kier alpha value is -6.55. The predicted molar refractivity (Wildman–Crippen MR) is 285 cm³/mol. The maximum absolute atomic E-state index is 6.96. The van der Waals surface area contributed by atoms with Crippen LogP contribution < -0.4 is 13.9 Å². The molecule has 340 valence electrons. The highest BCUT2D eigenvalue weighted by Gasteiger charge is 2.42. The average molecular weight is 885 g/mol. The molecule has 8 aromatic rings. The van der Waals surface area contributed by atoms with Gasteiger partial charge in [-0.3, -0.25) is 4.57 Å². The molecule has 0 amide bonds. The molecule has 0 aliphatic carbocycles. The smallest absolute Gasteiger partial charge is 0.457 e. The Balaban J connectivity index is 1.25. The lowest BCUT2D eigenvalue weighted by Gasteiger charge is -2.24. The highest BCUT2D eigenvalue weighted by Crippen LogP contribution is 2.47. The topological polar surface area (TPSA) is 33.1 Å². The van der Waals surface area contributed by atoms with E-state index in [4.69, 9.17) is 9.72 Å². The normalized spacial score (nSPS) is 13.5. The third-order valence-electron chi connectivity index (χ3n) is 13.4. The molecule has 5 nitrogen and oxygen atoms in total. The highest BCUT2D eigenvalue weighted by molar-refractivity contribution is 6.09. The van der Waals surface area contributed by atoms with Crippen molar-refractivity contribution in [2.45, 2.75) is 131 Å². The van der Waals surface area contributed by atoms with E-state index in [1.807, 2.05) is 6.20 Å². The first-order valence-corrected chi connectivity index (χ1v) is 24.0. The Kier molecular flexibility index (Phi) is 10.9. The van der Waals surface area contributed by atoms with Crippen molar-refractivity contribution in [3.8, 4) is 28.4 Å². The van der Waals surface area contributed by atoms with Gasteiger partial charge in [-0.2, -0.15) is 0 Å². The molecule has 3 heterocycles. The summed E-state index contributed by atoms with van der Waals surface area (Å²) >= 11 is 0. The quantitative estimate of drug-likeness (QED) is 0.156. The van der Waals surface area contributed by atoms with Crippen LogP contribution in [0.15, 0.2) is 140 Å². The number of hydrogen-bond acceptors (Lipinski definition) is 2. The standard InChI is InChI=1S/C62H68N4O/c1-58(2,3)41-21-18-20-40(32-41)48-23-19-25-53-57(48)64(45-34-43(60(7,8)9)33-44(35-45)61(10,11)12)39-65(53)55-38-47(27-29-51(55)62(13,14)15)67-46-26-28-50-49-22-16-17-24-52(49)66(54(50)37-46)56-36-42(30-31-63-56)59(4,5)6/h16-38H,1-15H3/q+2. The SMILES string of the molecule is CC(C)(C)c1cccc(-c2cccc3c2[N+](c2cc(C(C)(C)C)cc(C(C)(C)C)c2)=C=[N+]3c2cc(Oc3ccc4c5ccccc5n(-c5cc(C(C)(C)C)ccn5)c4c3)ccc2C(C)(C)C)c1. The molecule has 1 aliphatic rings. The monoisotopic (exact) mass is 885 g/mol. The van der Waals surface area contributed by atoms with Crippen molar-refractivity contribution in [3.05, 3.63) is 167 Å². The zero-order valence-electron chi connectivity index (χ0n) is 42.5. The highest BCUT2D eigenvalue weighted by atomic mass is 16.5. The molecular weight excluding hydrogens is 817 g/mol. The van der Waals surface area contributed by atoms with Crippen LogP contribution in [0.3, 0.4) is 0 Å². The van der Waals surface area contributed by atoms with Crippen molar-refractivity contribution in [3.63, 3.8) is 0 Å². The summed E-state index contributed by atoms with van der Waals surface area (Å²) in [5, 5.41) is 2.33. The predicted octanol–water partition coefficient (Wildman–Crippen LogP) is 17.0. The fourth-order valence-electron chi connectivity index (χ4n) is 9.31. The van der Waals surface area contributed by atoms with E-state index in [-0.39, 0.29) is 27.1 Å². The second kappa shape index (κ2) is 16.1. The molecule has 0 radical (unpaired) electrons. The minimum atomic E-state index is -0.193. The second-order valence-electron chi connectivity index (χ2n) is 23.8. The lowest BCUT2D eigenvalue weighted by molar-refractivity contribution is 0.482. The van der Waals surface area contributed by atoms with Crippen molar-refractivity contribution < 1.29 is 4.74 Å². The molecule has 67 heavy (non-hydrogen) atoms. The van der Waals surface area contributed by atoms with Gasteiger partial charge in [-0.25, -0.2) is 4.98 Å². The number of fused-ring (bicyclic) bond motifs is 4. The summed E-state index contributed by atoms with van der Waals surface area (Å²) < 4.78 is 13.8. The maximum Gasteiger partial charge on any atom is 0.503 e. The zero-order chi connectivity index (χ0) is 48.0. The lowest BCUT2D eigenvalue weighted by Crippen LogP contribution is -2.17. The first-order chi connectivity index (χ1) is 31.4. The summed E-state index contributed by atoms with van der Waals surface area (Å²) in [5.74, 6) is 2.39. The van der Waals surface area contributed by atoms with Gasteiger partial charge in [0.2, 0.25) is 11.4 Å². The van der Waals surface area contributed by atoms with Gasteiger partial charge in [0.05, 0.1) is 22.7 Å². The minimum Gasteiger partial charge on any atom is -0.457 e. The van der Waals surface area contributed by atoms with E-state index in [1.54, 1.807) is 0 Å². The summed E-state index contributed by atoms with van der Waals surface area (Å²) in [6.45, 7) is 34.3. The largest absolute Gasteiger partial charge is 0.503 e. The number of nitrogens with zero attached hydrogens (tertiary/aromatic N) is 4. The number of ether oxygens (including phenoxy) is 1. The summed E-state index contributed by atoms with van der Waals surface area (Å²) in [4.78, 5) is 4.92. The van der Waals surface area contributed by atoms with Crippen molar-refractivity contribution in [2.24, 2.45) is 0 Å². The molecular formula is C62H68N4O+2. The van der Waals surface area contributed by atoms with Gasteiger partial charge in [-0.1, -0.05) is 158 Å². The van der Waals surface area contributed by atoms with Gasteiger partial charge < -0.3 is 4.74 Å². The van der Waals surface area contributed by atoms with Gasteiger partial charge in [0, 0.05) is 46.8 Å². The van der Waals surface area contributed by atoms with E-state index in [9.17, 15) is 0 Å². The minimum absolute atomic E-state index is 0.00203. The van der Waals surface area contributed by atoms with Crippen LogP contribution in [0.4, 0.5) is 22.7 Å². The summed E-state index contributed by atoms with van der Waals surface area (Å²) in [7, 11) is 0. The number of para-hydroxylation sites is 2. The first kappa shape index (κ1) is 45.6. The van der Waals surface area contributed by atoms with Gasteiger partial charge >= 0.3 is 11.7 Å². The number of pyridine rings is 1. The molecule has 0 spiro atoms. The molecule has 5 heteroatoms. The Morgan fingerprint density at radius 2 is 1.07 bits per heavy atom. The van der Waals surface area contributed by atoms with Gasteiger partial charge in [0.25, 0.3) is 5.69 Å². The Morgan fingerprint density at radius 3 is 1.75 bits per heavy atom. The first-order valence-electron chi connectivity index (χ1n) is 24.0. The van der Waals surface area contributed by atoms with E-state index in [2.05, 4.69) is 257 Å². The number of benzene rings is 6. The molecule has 0 saturated carbocycles. The molecule has 0 atom stereocenters. The van der Waals surface area contributed by atoms with Crippen LogP contribution >= 0.6 is 0 Å². The lowest BCUT2D eigenvalue weighted by atomic mass is 9.80. The second-order valence-corrected chi connectivity index (χ2v) is 23.8. The van der Waals surface area contributed by atoms with E-state index in [1.165, 1.54) is 38.8 Å². The molecule has 2 aromatic heterocycles. The fourth-order valence-corrected chi connectivity index (χ4v) is 9.31. The van der Waals surface area contributed by atoms with Crippen LogP contribution in [0.25, 0.3) is 38.8 Å². The summed E-state index contributed by atoms with van der Waals surface area (Å²) in [6.07, 6.45) is 1.93. The van der Waals surface area contributed by atoms with Crippen LogP contribution in [-0.4, -0.2) is 15.6 Å². The van der Waals surface area contributed by atoms with Gasteiger partial charge in [-0.05, 0) is 113 Å². The van der Waals surface area contributed by atoms with E-state index < -0.39 is 0 Å². The van der Waals surface area contributed by atoms with Crippen molar-refractivity contribution in [2.75, 3.05) is 0 Å². The molecule has 0 bridgehead atoms. The van der Waals surface area contributed by atoms with Gasteiger partial charge in [-0.15, -0.1) is 0 Å². The number of hydrogen-bond donors (Lipinski definition) is 0. The Labute approximate surface area is 399 Å². The Bertz CT molecular complexity index is 3290. The number of aromatic nitrogens is 2. The molecule has 0 fully saturated rings. The molecule has 0 unspecified atom stereocenters. The van der Waals surface area contributed by atoms with E-state index in [0.717, 1.165) is 62.0 Å².